The van der Waals surface area contributed by atoms with Gasteiger partial charge in [-0.25, -0.2) is 0 Å². The van der Waals surface area contributed by atoms with E-state index >= 15 is 0 Å². The van der Waals surface area contributed by atoms with Crippen LogP contribution in [0.25, 0.3) is 0 Å². The Labute approximate surface area is 124 Å². The summed E-state index contributed by atoms with van der Waals surface area (Å²) in [5.74, 6) is 0.282. The van der Waals surface area contributed by atoms with Crippen LogP contribution in [0.3, 0.4) is 0 Å². The van der Waals surface area contributed by atoms with Gasteiger partial charge in [0, 0.05) is 13.0 Å². The minimum atomic E-state index is -0.361. The van der Waals surface area contributed by atoms with Crippen molar-refractivity contribution >= 4 is 11.8 Å². The topological polar surface area (TPSA) is 82.8 Å². The highest BCUT2D eigenvalue weighted by Gasteiger charge is 2.35. The third-order valence-corrected chi connectivity index (χ3v) is 3.84. The number of aliphatic hydroxyl groups is 1. The molecule has 0 saturated carbocycles. The van der Waals surface area contributed by atoms with Crippen molar-refractivity contribution in [1.29, 1.82) is 0 Å². The fourth-order valence-electron chi connectivity index (χ4n) is 2.41. The first kappa shape index (κ1) is 15.6. The van der Waals surface area contributed by atoms with Crippen LogP contribution in [0, 0.1) is 11.8 Å². The summed E-state index contributed by atoms with van der Waals surface area (Å²) in [6.07, 6.45) is 1.78. The van der Waals surface area contributed by atoms with Crippen LogP contribution in [-0.2, 0) is 16.1 Å². The van der Waals surface area contributed by atoms with Gasteiger partial charge >= 0.3 is 0 Å². The number of rotatable bonds is 6. The van der Waals surface area contributed by atoms with Crippen LogP contribution in [0.2, 0.25) is 0 Å². The zero-order valence-electron chi connectivity index (χ0n) is 12.4. The van der Waals surface area contributed by atoms with E-state index in [0.717, 1.165) is 0 Å². The second-order valence-corrected chi connectivity index (χ2v) is 5.80. The van der Waals surface area contributed by atoms with Gasteiger partial charge in [-0.2, -0.15) is 0 Å². The van der Waals surface area contributed by atoms with Crippen molar-refractivity contribution in [2.45, 2.75) is 32.9 Å². The summed E-state index contributed by atoms with van der Waals surface area (Å²) >= 11 is 0. The molecule has 0 aliphatic carbocycles. The number of carbonyl (C=O) groups is 2. The molecule has 1 aromatic rings. The SMILES string of the molecule is CC(C)[C@@H](CO)NC(=O)[C@H]1CC(=O)N(Cc2ccco2)C1. The van der Waals surface area contributed by atoms with E-state index in [9.17, 15) is 14.7 Å². The molecule has 2 heterocycles. The predicted octanol–water partition coefficient (Wildman–Crippen LogP) is 0.761. The molecule has 2 rings (SSSR count). The zero-order valence-corrected chi connectivity index (χ0v) is 12.4. The fourth-order valence-corrected chi connectivity index (χ4v) is 2.41. The van der Waals surface area contributed by atoms with Crippen molar-refractivity contribution in [2.24, 2.45) is 11.8 Å². The van der Waals surface area contributed by atoms with Crippen molar-refractivity contribution in [2.75, 3.05) is 13.2 Å². The number of nitrogens with one attached hydrogen (secondary N) is 1. The summed E-state index contributed by atoms with van der Waals surface area (Å²) < 4.78 is 5.23. The number of furan rings is 1. The Morgan fingerprint density at radius 1 is 1.57 bits per heavy atom. The normalized spacial score (nSPS) is 20.1. The molecule has 1 aromatic heterocycles. The number of likely N-dealkylation sites (tertiary alicyclic amines) is 1. The molecule has 21 heavy (non-hydrogen) atoms. The van der Waals surface area contributed by atoms with E-state index in [2.05, 4.69) is 5.32 Å². The molecule has 1 fully saturated rings. The number of hydrogen-bond donors (Lipinski definition) is 2. The van der Waals surface area contributed by atoms with Gasteiger partial charge in [-0.3, -0.25) is 9.59 Å². The third-order valence-electron chi connectivity index (χ3n) is 3.84. The van der Waals surface area contributed by atoms with Crippen LogP contribution in [0.15, 0.2) is 22.8 Å². The molecule has 0 unspecified atom stereocenters. The van der Waals surface area contributed by atoms with Crippen LogP contribution in [0.5, 0.6) is 0 Å². The second kappa shape index (κ2) is 6.76. The summed E-state index contributed by atoms with van der Waals surface area (Å²) in [5.41, 5.74) is 0. The van der Waals surface area contributed by atoms with Gasteiger partial charge in [0.05, 0.1) is 31.4 Å². The number of carbonyl (C=O) groups excluding carboxylic acids is 2. The zero-order chi connectivity index (χ0) is 15.4. The van der Waals surface area contributed by atoms with Crippen LogP contribution in [-0.4, -0.2) is 41.0 Å². The van der Waals surface area contributed by atoms with Crippen LogP contribution >= 0.6 is 0 Å². The maximum absolute atomic E-state index is 12.2. The van der Waals surface area contributed by atoms with Crippen molar-refractivity contribution < 1.29 is 19.1 Å². The number of amides is 2. The van der Waals surface area contributed by atoms with Gasteiger partial charge in [0.1, 0.15) is 5.76 Å². The first-order valence-electron chi connectivity index (χ1n) is 7.22. The molecule has 0 radical (unpaired) electrons. The fraction of sp³-hybridized carbons (Fsp3) is 0.600. The minimum Gasteiger partial charge on any atom is -0.467 e. The van der Waals surface area contributed by atoms with E-state index in [-0.39, 0.29) is 42.7 Å². The average Bonchev–Trinajstić information content (AvgIpc) is 3.06. The van der Waals surface area contributed by atoms with Crippen LogP contribution in [0.4, 0.5) is 0 Å². The van der Waals surface area contributed by atoms with Gasteiger partial charge in [-0.05, 0) is 18.1 Å². The van der Waals surface area contributed by atoms with E-state index in [1.807, 2.05) is 13.8 Å². The summed E-state index contributed by atoms with van der Waals surface area (Å²) in [5, 5.41) is 12.1. The molecule has 6 heteroatoms. The second-order valence-electron chi connectivity index (χ2n) is 5.80. The highest BCUT2D eigenvalue weighted by molar-refractivity contribution is 5.89. The Morgan fingerprint density at radius 3 is 2.90 bits per heavy atom. The average molecular weight is 294 g/mol. The molecule has 0 aromatic carbocycles. The van der Waals surface area contributed by atoms with E-state index in [0.29, 0.717) is 18.8 Å². The molecule has 2 atom stereocenters. The molecular weight excluding hydrogens is 272 g/mol. The largest absolute Gasteiger partial charge is 0.467 e. The molecule has 0 spiro atoms. The van der Waals surface area contributed by atoms with Gasteiger partial charge < -0.3 is 19.7 Å². The van der Waals surface area contributed by atoms with Gasteiger partial charge in [0.2, 0.25) is 11.8 Å². The Bertz CT molecular complexity index is 484. The van der Waals surface area contributed by atoms with Crippen molar-refractivity contribution in [3.63, 3.8) is 0 Å². The Morgan fingerprint density at radius 2 is 2.33 bits per heavy atom. The Balaban J connectivity index is 1.90. The minimum absolute atomic E-state index is 0.0448. The van der Waals surface area contributed by atoms with Gasteiger partial charge in [0.15, 0.2) is 0 Å². The quantitative estimate of drug-likeness (QED) is 0.811. The molecule has 116 valence electrons. The van der Waals surface area contributed by atoms with Crippen LogP contribution in [0.1, 0.15) is 26.0 Å². The summed E-state index contributed by atoms with van der Waals surface area (Å²) in [4.78, 5) is 25.8. The van der Waals surface area contributed by atoms with Gasteiger partial charge in [-0.15, -0.1) is 0 Å². The molecule has 6 nitrogen and oxygen atoms in total. The third kappa shape index (κ3) is 3.85. The van der Waals surface area contributed by atoms with E-state index in [4.69, 9.17) is 4.42 Å². The van der Waals surface area contributed by atoms with Crippen molar-refractivity contribution in [1.82, 2.24) is 10.2 Å². The highest BCUT2D eigenvalue weighted by atomic mass is 16.3. The lowest BCUT2D eigenvalue weighted by molar-refractivity contribution is -0.129. The standard InChI is InChI=1S/C15H22N2O4/c1-10(2)13(9-18)16-15(20)11-6-14(19)17(7-11)8-12-4-3-5-21-12/h3-5,10-11,13,18H,6-9H2,1-2H3,(H,16,20)/t11-,13+/m0/s1. The Hall–Kier alpha value is -1.82. The monoisotopic (exact) mass is 294 g/mol. The first-order valence-corrected chi connectivity index (χ1v) is 7.22. The predicted molar refractivity (Wildman–Crippen MR) is 76.1 cm³/mol. The number of hydrogen-bond acceptors (Lipinski definition) is 4. The molecule has 2 N–H and O–H groups in total. The van der Waals surface area contributed by atoms with Gasteiger partial charge in [0.25, 0.3) is 0 Å². The van der Waals surface area contributed by atoms with Crippen molar-refractivity contribution in [3.05, 3.63) is 24.2 Å². The summed E-state index contributed by atoms with van der Waals surface area (Å²) in [6.45, 7) is 4.55. The molecule has 1 aliphatic heterocycles. The first-order chi connectivity index (χ1) is 10.0. The smallest absolute Gasteiger partial charge is 0.225 e. The Kier molecular flexibility index (Phi) is 5.01. The maximum Gasteiger partial charge on any atom is 0.225 e. The lowest BCUT2D eigenvalue weighted by Gasteiger charge is -2.22. The van der Waals surface area contributed by atoms with Crippen LogP contribution < -0.4 is 5.32 Å². The van der Waals surface area contributed by atoms with E-state index in [1.165, 1.54) is 0 Å². The maximum atomic E-state index is 12.2. The number of aliphatic hydroxyl groups excluding tert-OH is 1. The summed E-state index contributed by atoms with van der Waals surface area (Å²) in [7, 11) is 0. The van der Waals surface area contributed by atoms with Crippen molar-refractivity contribution in [3.8, 4) is 0 Å². The lowest BCUT2D eigenvalue weighted by atomic mass is 10.0. The molecule has 2 amide bonds. The molecule has 1 aliphatic rings. The van der Waals surface area contributed by atoms with Gasteiger partial charge in [-0.1, -0.05) is 13.8 Å². The summed E-state index contributed by atoms with van der Waals surface area (Å²) in [6, 6.07) is 3.31. The van der Waals surface area contributed by atoms with E-state index in [1.54, 1.807) is 23.3 Å². The lowest BCUT2D eigenvalue weighted by Crippen LogP contribution is -2.44. The number of nitrogens with zero attached hydrogens (tertiary/aromatic N) is 1. The molecular formula is C15H22N2O4. The van der Waals surface area contributed by atoms with E-state index < -0.39 is 0 Å². The highest BCUT2D eigenvalue weighted by Crippen LogP contribution is 2.21. The molecule has 1 saturated heterocycles. The molecule has 0 bridgehead atoms.